The summed E-state index contributed by atoms with van der Waals surface area (Å²) >= 11 is 0. The summed E-state index contributed by atoms with van der Waals surface area (Å²) in [5.74, 6) is 0.127. The molecule has 0 aromatic heterocycles. The van der Waals surface area contributed by atoms with Gasteiger partial charge in [-0.1, -0.05) is 30.7 Å². The van der Waals surface area contributed by atoms with Gasteiger partial charge in [-0.25, -0.2) is 0 Å². The van der Waals surface area contributed by atoms with Gasteiger partial charge in [0.05, 0.1) is 18.8 Å². The predicted molar refractivity (Wildman–Crippen MR) is 94.6 cm³/mol. The fraction of sp³-hybridized carbons (Fsp3) is 0.632. The monoisotopic (exact) mass is 331 g/mol. The van der Waals surface area contributed by atoms with Gasteiger partial charge >= 0.3 is 0 Å². The number of hydrogen-bond acceptors (Lipinski definition) is 4. The summed E-state index contributed by atoms with van der Waals surface area (Å²) in [6.07, 6.45) is 3.57. The van der Waals surface area contributed by atoms with E-state index in [2.05, 4.69) is 46.7 Å². The Morgan fingerprint density at radius 2 is 2.25 bits per heavy atom. The van der Waals surface area contributed by atoms with Crippen LogP contribution in [0.3, 0.4) is 0 Å². The van der Waals surface area contributed by atoms with Gasteiger partial charge in [-0.05, 0) is 37.4 Å². The number of hydrogen-bond donors (Lipinski definition) is 2. The summed E-state index contributed by atoms with van der Waals surface area (Å²) < 4.78 is 5.60. The standard InChI is InChI=1S/C19H29N3O2/c1-15-13-22(9-10-24-15)14-17-6-4-5-16(11-17)12-21-19(23)18-7-2-3-8-20-18/h4-6,11,15,18,20H,2-3,7-10,12-14H2,1H3,(H,21,23)/t15?,18-/m1/s1. The molecule has 1 unspecified atom stereocenters. The zero-order valence-electron chi connectivity index (χ0n) is 14.6. The third-order valence-corrected chi connectivity index (χ3v) is 4.82. The SMILES string of the molecule is CC1CN(Cc2cccc(CNC(=O)[C@H]3CCCCN3)c2)CCO1. The molecule has 24 heavy (non-hydrogen) atoms. The quantitative estimate of drug-likeness (QED) is 0.862. The molecule has 2 atom stereocenters. The highest BCUT2D eigenvalue weighted by atomic mass is 16.5. The zero-order valence-corrected chi connectivity index (χ0v) is 14.6. The minimum absolute atomic E-state index is 0.0169. The van der Waals surface area contributed by atoms with Crippen LogP contribution in [0.1, 0.15) is 37.3 Å². The Morgan fingerprint density at radius 3 is 3.04 bits per heavy atom. The van der Waals surface area contributed by atoms with E-state index in [4.69, 9.17) is 4.74 Å². The minimum Gasteiger partial charge on any atom is -0.376 e. The number of nitrogens with zero attached hydrogens (tertiary/aromatic N) is 1. The average molecular weight is 331 g/mol. The van der Waals surface area contributed by atoms with Gasteiger partial charge in [0, 0.05) is 26.2 Å². The van der Waals surface area contributed by atoms with E-state index in [1.807, 2.05) is 0 Å². The molecule has 2 heterocycles. The van der Waals surface area contributed by atoms with Crippen molar-refractivity contribution in [3.8, 4) is 0 Å². The molecule has 0 spiro atoms. The lowest BCUT2D eigenvalue weighted by atomic mass is 10.0. The normalized spacial score (nSPS) is 25.4. The van der Waals surface area contributed by atoms with Crippen LogP contribution in [0.4, 0.5) is 0 Å². The molecule has 1 amide bonds. The summed E-state index contributed by atoms with van der Waals surface area (Å²) in [4.78, 5) is 14.6. The first kappa shape index (κ1) is 17.4. The van der Waals surface area contributed by atoms with Crippen LogP contribution in [0.15, 0.2) is 24.3 Å². The molecule has 2 fully saturated rings. The van der Waals surface area contributed by atoms with Crippen molar-refractivity contribution in [2.24, 2.45) is 0 Å². The lowest BCUT2D eigenvalue weighted by Gasteiger charge is -2.31. The molecule has 2 N–H and O–H groups in total. The van der Waals surface area contributed by atoms with Crippen molar-refractivity contribution in [2.45, 2.75) is 51.4 Å². The van der Waals surface area contributed by atoms with Gasteiger partial charge < -0.3 is 15.4 Å². The van der Waals surface area contributed by atoms with Crippen LogP contribution in [-0.2, 0) is 22.6 Å². The lowest BCUT2D eigenvalue weighted by Crippen LogP contribution is -2.46. The number of nitrogens with one attached hydrogen (secondary N) is 2. The molecule has 2 saturated heterocycles. The molecule has 0 saturated carbocycles. The van der Waals surface area contributed by atoms with Crippen molar-refractivity contribution in [3.05, 3.63) is 35.4 Å². The maximum Gasteiger partial charge on any atom is 0.237 e. The minimum atomic E-state index is -0.0169. The van der Waals surface area contributed by atoms with E-state index < -0.39 is 0 Å². The average Bonchev–Trinajstić information content (AvgIpc) is 2.61. The van der Waals surface area contributed by atoms with E-state index in [0.717, 1.165) is 51.2 Å². The molecular formula is C19H29N3O2. The Labute approximate surface area is 144 Å². The van der Waals surface area contributed by atoms with Crippen LogP contribution in [0, 0.1) is 0 Å². The number of morpholine rings is 1. The van der Waals surface area contributed by atoms with Crippen molar-refractivity contribution in [1.82, 2.24) is 15.5 Å². The van der Waals surface area contributed by atoms with Gasteiger partial charge in [0.2, 0.25) is 5.91 Å². The maximum absolute atomic E-state index is 12.2. The van der Waals surface area contributed by atoms with Gasteiger partial charge in [-0.3, -0.25) is 9.69 Å². The van der Waals surface area contributed by atoms with Crippen molar-refractivity contribution in [2.75, 3.05) is 26.2 Å². The highest BCUT2D eigenvalue weighted by Crippen LogP contribution is 2.12. The van der Waals surface area contributed by atoms with Crippen molar-refractivity contribution < 1.29 is 9.53 Å². The fourth-order valence-corrected chi connectivity index (χ4v) is 3.52. The molecule has 1 aromatic carbocycles. The number of benzene rings is 1. The number of carbonyl (C=O) groups is 1. The van der Waals surface area contributed by atoms with Gasteiger partial charge in [-0.15, -0.1) is 0 Å². The smallest absolute Gasteiger partial charge is 0.237 e. The summed E-state index contributed by atoms with van der Waals surface area (Å²) in [6, 6.07) is 8.51. The van der Waals surface area contributed by atoms with Crippen molar-refractivity contribution in [1.29, 1.82) is 0 Å². The number of rotatable bonds is 5. The first-order chi connectivity index (χ1) is 11.7. The van der Waals surface area contributed by atoms with Gasteiger partial charge in [-0.2, -0.15) is 0 Å². The second kappa shape index (κ2) is 8.60. The van der Waals surface area contributed by atoms with Crippen LogP contribution >= 0.6 is 0 Å². The second-order valence-electron chi connectivity index (χ2n) is 6.96. The van der Waals surface area contributed by atoms with E-state index in [1.54, 1.807) is 0 Å². The van der Waals surface area contributed by atoms with Gasteiger partial charge in [0.15, 0.2) is 0 Å². The predicted octanol–water partition coefficient (Wildman–Crippen LogP) is 1.67. The second-order valence-corrected chi connectivity index (χ2v) is 6.96. The molecule has 3 rings (SSSR count). The molecule has 2 aliphatic rings. The Bertz CT molecular complexity index is 543. The summed E-state index contributed by atoms with van der Waals surface area (Å²) in [5, 5.41) is 6.37. The third-order valence-electron chi connectivity index (χ3n) is 4.82. The lowest BCUT2D eigenvalue weighted by molar-refractivity contribution is -0.123. The first-order valence-electron chi connectivity index (χ1n) is 9.13. The Kier molecular flexibility index (Phi) is 6.24. The van der Waals surface area contributed by atoms with Crippen molar-refractivity contribution in [3.63, 3.8) is 0 Å². The summed E-state index contributed by atoms with van der Waals surface area (Å²) in [7, 11) is 0. The van der Waals surface area contributed by atoms with Crippen LogP contribution < -0.4 is 10.6 Å². The Balaban J connectivity index is 1.50. The molecule has 0 radical (unpaired) electrons. The van der Waals surface area contributed by atoms with E-state index in [1.165, 1.54) is 12.0 Å². The number of carbonyl (C=O) groups excluding carboxylic acids is 1. The van der Waals surface area contributed by atoms with E-state index >= 15 is 0 Å². The molecule has 5 nitrogen and oxygen atoms in total. The highest BCUT2D eigenvalue weighted by Gasteiger charge is 2.20. The summed E-state index contributed by atoms with van der Waals surface area (Å²) in [6.45, 7) is 7.39. The number of amides is 1. The molecule has 5 heteroatoms. The largest absolute Gasteiger partial charge is 0.376 e. The zero-order chi connectivity index (χ0) is 16.8. The van der Waals surface area contributed by atoms with Gasteiger partial charge in [0.1, 0.15) is 0 Å². The van der Waals surface area contributed by atoms with E-state index in [9.17, 15) is 4.79 Å². The van der Waals surface area contributed by atoms with E-state index in [0.29, 0.717) is 12.6 Å². The third kappa shape index (κ3) is 5.03. The number of piperidine rings is 1. The topological polar surface area (TPSA) is 53.6 Å². The molecule has 2 aliphatic heterocycles. The summed E-state index contributed by atoms with van der Waals surface area (Å²) in [5.41, 5.74) is 2.46. The molecule has 0 bridgehead atoms. The Hall–Kier alpha value is -1.43. The molecule has 0 aliphatic carbocycles. The molecular weight excluding hydrogens is 302 g/mol. The maximum atomic E-state index is 12.2. The van der Waals surface area contributed by atoms with Crippen LogP contribution in [0.5, 0.6) is 0 Å². The van der Waals surface area contributed by atoms with Crippen LogP contribution in [0.25, 0.3) is 0 Å². The highest BCUT2D eigenvalue weighted by molar-refractivity contribution is 5.81. The fourth-order valence-electron chi connectivity index (χ4n) is 3.52. The molecule has 132 valence electrons. The first-order valence-corrected chi connectivity index (χ1v) is 9.13. The van der Waals surface area contributed by atoms with Gasteiger partial charge in [0.25, 0.3) is 0 Å². The van der Waals surface area contributed by atoms with E-state index in [-0.39, 0.29) is 11.9 Å². The van der Waals surface area contributed by atoms with Crippen LogP contribution in [-0.4, -0.2) is 49.2 Å². The van der Waals surface area contributed by atoms with Crippen LogP contribution in [0.2, 0.25) is 0 Å². The number of ether oxygens (including phenoxy) is 1. The Morgan fingerprint density at radius 1 is 1.38 bits per heavy atom. The van der Waals surface area contributed by atoms with Crippen molar-refractivity contribution >= 4 is 5.91 Å². The molecule has 1 aromatic rings.